The maximum absolute atomic E-state index is 7.77. The number of nitrogens with two attached hydrogens (primary N) is 1. The van der Waals surface area contributed by atoms with Crippen LogP contribution in [0.4, 0.5) is 0 Å². The van der Waals surface area contributed by atoms with E-state index in [9.17, 15) is 0 Å². The third-order valence-corrected chi connectivity index (χ3v) is 15.5. The zero-order valence-corrected chi connectivity index (χ0v) is 22.0. The van der Waals surface area contributed by atoms with Crippen LogP contribution < -0.4 is 31.8 Å². The summed E-state index contributed by atoms with van der Waals surface area (Å²) < 4.78 is 5.70. The summed E-state index contributed by atoms with van der Waals surface area (Å²) in [6.45, 7) is 3.02. The van der Waals surface area contributed by atoms with Crippen molar-refractivity contribution >= 4 is 45.9 Å². The van der Waals surface area contributed by atoms with E-state index < -0.39 is 13.5 Å². The molecule has 0 spiro atoms. The molecule has 0 amide bonds. The molecule has 0 saturated carbocycles. The molecule has 4 aromatic carbocycles. The third kappa shape index (κ3) is 4.91. The SMILES string of the molecule is CCCCNP(=NP(N)(Cl)(c1ccccc1)c1ccccc1)(c1ccccc1)c1ccccc1. The average molecular weight is 508 g/mol. The van der Waals surface area contributed by atoms with Crippen LogP contribution in [0.15, 0.2) is 126 Å². The van der Waals surface area contributed by atoms with Gasteiger partial charge in [-0.3, -0.25) is 0 Å². The van der Waals surface area contributed by atoms with E-state index in [2.05, 4.69) is 60.5 Å². The fraction of sp³-hybridized carbons (Fsp3) is 0.143. The molecule has 0 unspecified atom stereocenters. The van der Waals surface area contributed by atoms with E-state index in [1.807, 2.05) is 72.8 Å². The Morgan fingerprint density at radius 1 is 0.706 bits per heavy atom. The van der Waals surface area contributed by atoms with Gasteiger partial charge in [0, 0.05) is 0 Å². The molecule has 0 radical (unpaired) electrons. The van der Waals surface area contributed by atoms with Crippen molar-refractivity contribution in [2.24, 2.45) is 10.0 Å². The molecule has 4 rings (SSSR count). The van der Waals surface area contributed by atoms with Crippen LogP contribution in [0.25, 0.3) is 0 Å². The number of nitrogens with one attached hydrogen (secondary N) is 1. The second-order valence-corrected chi connectivity index (χ2v) is 16.8. The Balaban J connectivity index is 2.14. The summed E-state index contributed by atoms with van der Waals surface area (Å²) in [5.74, 6) is 0. The van der Waals surface area contributed by atoms with Crippen molar-refractivity contribution in [3.8, 4) is 0 Å². The molecule has 3 nitrogen and oxygen atoms in total. The van der Waals surface area contributed by atoms with Gasteiger partial charge in [0.25, 0.3) is 0 Å². The topological polar surface area (TPSA) is 50.4 Å². The van der Waals surface area contributed by atoms with Crippen molar-refractivity contribution in [2.75, 3.05) is 6.54 Å². The monoisotopic (exact) mass is 507 g/mol. The summed E-state index contributed by atoms with van der Waals surface area (Å²) in [7, 11) is -2.57. The Morgan fingerprint density at radius 3 is 1.47 bits per heavy atom. The van der Waals surface area contributed by atoms with Crippen molar-refractivity contribution in [3.05, 3.63) is 121 Å². The molecule has 0 heterocycles. The number of unbranched alkanes of at least 4 members (excludes halogenated alkanes) is 1. The molecule has 0 aliphatic rings. The fourth-order valence-corrected chi connectivity index (χ4v) is 13.8. The molecule has 176 valence electrons. The van der Waals surface area contributed by atoms with Crippen LogP contribution in [0, 0.1) is 0 Å². The molecule has 0 fully saturated rings. The Morgan fingerprint density at radius 2 is 1.09 bits per heavy atom. The van der Waals surface area contributed by atoms with Crippen LogP contribution >= 0.6 is 24.7 Å². The van der Waals surface area contributed by atoms with E-state index in [1.165, 1.54) is 0 Å². The zero-order chi connectivity index (χ0) is 23.9. The van der Waals surface area contributed by atoms with Gasteiger partial charge in [-0.2, -0.15) is 0 Å². The van der Waals surface area contributed by atoms with E-state index in [0.717, 1.165) is 40.6 Å². The van der Waals surface area contributed by atoms with Gasteiger partial charge in [-0.25, -0.2) is 0 Å². The van der Waals surface area contributed by atoms with Crippen molar-refractivity contribution in [3.63, 3.8) is 0 Å². The van der Waals surface area contributed by atoms with Gasteiger partial charge in [0.1, 0.15) is 0 Å². The minimum atomic E-state index is -3.99. The second-order valence-electron chi connectivity index (χ2n) is 8.36. The first kappa shape index (κ1) is 24.9. The van der Waals surface area contributed by atoms with E-state index in [-0.39, 0.29) is 0 Å². The van der Waals surface area contributed by atoms with Crippen LogP contribution in [0.3, 0.4) is 0 Å². The number of rotatable bonds is 9. The molecule has 4 aromatic rings. The standard InChI is InChI=1S/C28H32ClN3P2/c1-2-3-24-31-33(25-16-8-4-9-17-25,26-18-10-5-11-19-26)32-34(29,30,27-20-12-6-13-21-27)28-22-14-7-15-23-28/h4-23,31H,2-3,24,30H2,1H3. The van der Waals surface area contributed by atoms with Gasteiger partial charge in [-0.05, 0) is 0 Å². The molecular weight excluding hydrogens is 476 g/mol. The summed E-state index contributed by atoms with van der Waals surface area (Å²) in [6.07, 6.45) is -1.87. The summed E-state index contributed by atoms with van der Waals surface area (Å²) >= 11 is 7.77. The molecule has 0 aliphatic carbocycles. The molecule has 6 heteroatoms. The summed E-state index contributed by atoms with van der Waals surface area (Å²) in [6, 6.07) is 40.9. The first-order chi connectivity index (χ1) is 16.5. The van der Waals surface area contributed by atoms with Gasteiger partial charge >= 0.3 is 209 Å². The van der Waals surface area contributed by atoms with Gasteiger partial charge in [0.2, 0.25) is 0 Å². The van der Waals surface area contributed by atoms with E-state index >= 15 is 0 Å². The normalized spacial score (nSPS) is 13.1. The fourth-order valence-electron chi connectivity index (χ4n) is 4.11. The Labute approximate surface area is 208 Å². The van der Waals surface area contributed by atoms with Gasteiger partial charge in [0.15, 0.2) is 0 Å². The van der Waals surface area contributed by atoms with E-state index in [0.29, 0.717) is 0 Å². The molecule has 0 bridgehead atoms. The van der Waals surface area contributed by atoms with Crippen LogP contribution in [0.5, 0.6) is 0 Å². The first-order valence-corrected chi connectivity index (χ1v) is 16.6. The molecule has 3 N–H and O–H groups in total. The summed E-state index contributed by atoms with van der Waals surface area (Å²) in [5.41, 5.74) is 7.47. The second kappa shape index (κ2) is 10.6. The number of hydrogen-bond donors (Lipinski definition) is 2. The van der Waals surface area contributed by atoms with Gasteiger partial charge in [-0.1, -0.05) is 0 Å². The molecule has 0 aliphatic heterocycles. The predicted octanol–water partition coefficient (Wildman–Crippen LogP) is 6.29. The van der Waals surface area contributed by atoms with Crippen LogP contribution in [-0.4, -0.2) is 6.54 Å². The Bertz CT molecular complexity index is 1160. The van der Waals surface area contributed by atoms with Crippen molar-refractivity contribution < 1.29 is 0 Å². The number of benzene rings is 4. The average Bonchev–Trinajstić information content (AvgIpc) is 2.90. The molecule has 34 heavy (non-hydrogen) atoms. The Kier molecular flexibility index (Phi) is 7.73. The minimum absolute atomic E-state index is 0.824. The maximum atomic E-state index is 7.77. The predicted molar refractivity (Wildman–Crippen MR) is 154 cm³/mol. The molecule has 0 aromatic heterocycles. The van der Waals surface area contributed by atoms with Crippen LogP contribution in [0.2, 0.25) is 0 Å². The molecular formula is C28H32ClN3P2. The third-order valence-electron chi connectivity index (χ3n) is 5.93. The number of hydrogen-bond acceptors (Lipinski definition) is 2. The zero-order valence-electron chi connectivity index (χ0n) is 19.5. The van der Waals surface area contributed by atoms with E-state index in [4.69, 9.17) is 21.3 Å². The van der Waals surface area contributed by atoms with Gasteiger partial charge in [0.05, 0.1) is 0 Å². The van der Waals surface area contributed by atoms with Gasteiger partial charge < -0.3 is 0 Å². The molecule has 0 atom stereocenters. The number of nitrogens with zero attached hydrogens (tertiary/aromatic N) is 1. The Hall–Kier alpha value is -2.25. The van der Waals surface area contributed by atoms with Gasteiger partial charge in [-0.15, -0.1) is 0 Å². The summed E-state index contributed by atoms with van der Waals surface area (Å²) in [5, 5.41) is 7.84. The first-order valence-electron chi connectivity index (χ1n) is 11.6. The summed E-state index contributed by atoms with van der Waals surface area (Å²) in [4.78, 5) is 0. The molecule has 0 saturated heterocycles. The van der Waals surface area contributed by atoms with Crippen molar-refractivity contribution in [1.29, 1.82) is 0 Å². The van der Waals surface area contributed by atoms with Crippen molar-refractivity contribution in [2.45, 2.75) is 19.8 Å². The van der Waals surface area contributed by atoms with E-state index in [1.54, 1.807) is 0 Å². The number of halogens is 1. The van der Waals surface area contributed by atoms with Crippen molar-refractivity contribution in [1.82, 2.24) is 5.09 Å². The quantitative estimate of drug-likeness (QED) is 0.207. The van der Waals surface area contributed by atoms with Crippen LogP contribution in [-0.2, 0) is 0 Å². The van der Waals surface area contributed by atoms with Crippen LogP contribution in [0.1, 0.15) is 19.8 Å².